The molecule has 0 spiro atoms. The number of amides is 1. The lowest BCUT2D eigenvalue weighted by Crippen LogP contribution is -2.29. The number of carbonyl (C=O) groups excluding carboxylic acids is 2. The third-order valence-electron chi connectivity index (χ3n) is 7.12. The number of ether oxygens (including phenoxy) is 2. The molecule has 1 saturated heterocycles. The number of rotatable bonds is 5. The van der Waals surface area contributed by atoms with Gasteiger partial charge >= 0.3 is 5.91 Å². The topological polar surface area (TPSA) is 89.0 Å². The summed E-state index contributed by atoms with van der Waals surface area (Å²) < 4.78 is 12.5. The Morgan fingerprint density at radius 3 is 2.77 bits per heavy atom. The van der Waals surface area contributed by atoms with Crippen LogP contribution >= 0.6 is 11.3 Å². The lowest BCUT2D eigenvalue weighted by atomic mass is 9.94. The normalized spacial score (nSPS) is 19.9. The molecule has 1 amide bonds. The molecule has 1 N–H and O–H groups in total. The second-order valence-corrected chi connectivity index (χ2v) is 11.1. The minimum atomic E-state index is -0.879. The van der Waals surface area contributed by atoms with Crippen LogP contribution in [0, 0.1) is 13.8 Å². The van der Waals surface area contributed by atoms with Crippen LogP contribution in [0.1, 0.15) is 47.7 Å². The minimum Gasteiger partial charge on any atom is -0.507 e. The Balaban J connectivity index is 1.55. The van der Waals surface area contributed by atoms with Crippen molar-refractivity contribution in [3.63, 3.8) is 0 Å². The summed E-state index contributed by atoms with van der Waals surface area (Å²) in [5, 5.41) is 12.0. The molecule has 2 unspecified atom stereocenters. The highest BCUT2D eigenvalue weighted by Crippen LogP contribution is 2.45. The zero-order valence-electron chi connectivity index (χ0n) is 22.1. The smallest absolute Gasteiger partial charge is 0.301 e. The van der Waals surface area contributed by atoms with E-state index in [-0.39, 0.29) is 17.4 Å². The number of aliphatic hydroxyl groups is 1. The lowest BCUT2D eigenvalue weighted by Gasteiger charge is -2.23. The molecule has 8 heteroatoms. The zero-order chi connectivity index (χ0) is 27.4. The van der Waals surface area contributed by atoms with Gasteiger partial charge in [0.2, 0.25) is 0 Å². The van der Waals surface area contributed by atoms with Gasteiger partial charge in [-0.3, -0.25) is 14.5 Å². The summed E-state index contributed by atoms with van der Waals surface area (Å²) in [6.45, 7) is 8.34. The predicted octanol–water partition coefficient (Wildman–Crippen LogP) is 6.26. The van der Waals surface area contributed by atoms with Crippen molar-refractivity contribution in [2.45, 2.75) is 46.3 Å². The van der Waals surface area contributed by atoms with E-state index < -0.39 is 17.7 Å². The number of thiazole rings is 1. The number of hydrogen-bond donors (Lipinski definition) is 1. The van der Waals surface area contributed by atoms with Crippen LogP contribution in [-0.4, -0.2) is 34.5 Å². The number of fused-ring (bicyclic) bond motifs is 2. The molecule has 0 bridgehead atoms. The van der Waals surface area contributed by atoms with Gasteiger partial charge < -0.3 is 14.6 Å². The number of aryl methyl sites for hydroxylation is 2. The first-order valence-electron chi connectivity index (χ1n) is 13.0. The molecule has 7 nitrogen and oxygen atoms in total. The minimum absolute atomic E-state index is 0.0210. The Bertz CT molecular complexity index is 1690. The monoisotopic (exact) mass is 540 g/mol. The van der Waals surface area contributed by atoms with Crippen molar-refractivity contribution in [1.29, 1.82) is 0 Å². The van der Waals surface area contributed by atoms with E-state index in [0.29, 0.717) is 35.0 Å². The largest absolute Gasteiger partial charge is 0.507 e. The van der Waals surface area contributed by atoms with Crippen molar-refractivity contribution in [3.8, 4) is 11.5 Å². The van der Waals surface area contributed by atoms with Crippen LogP contribution in [0.15, 0.2) is 60.2 Å². The van der Waals surface area contributed by atoms with Crippen molar-refractivity contribution in [2.24, 2.45) is 0 Å². The van der Waals surface area contributed by atoms with Gasteiger partial charge in [-0.25, -0.2) is 4.98 Å². The average Bonchev–Trinajstić information content (AvgIpc) is 3.56. The molecule has 1 fully saturated rings. The van der Waals surface area contributed by atoms with E-state index in [0.717, 1.165) is 32.7 Å². The first kappa shape index (κ1) is 25.1. The quantitative estimate of drug-likeness (QED) is 0.183. The van der Waals surface area contributed by atoms with Crippen molar-refractivity contribution in [1.82, 2.24) is 4.98 Å². The molecule has 1 aromatic heterocycles. The Hall–Kier alpha value is -4.17. The molecule has 2 aliphatic rings. The molecular weight excluding hydrogens is 512 g/mol. The summed E-state index contributed by atoms with van der Waals surface area (Å²) in [7, 11) is 0. The average molecular weight is 541 g/mol. The van der Waals surface area contributed by atoms with Crippen molar-refractivity contribution in [2.75, 3.05) is 11.5 Å². The van der Waals surface area contributed by atoms with E-state index in [1.807, 2.05) is 64.1 Å². The van der Waals surface area contributed by atoms with E-state index in [1.54, 1.807) is 18.2 Å². The highest BCUT2D eigenvalue weighted by molar-refractivity contribution is 7.22. The number of nitrogens with zero attached hydrogens (tertiary/aromatic N) is 2. The Morgan fingerprint density at radius 2 is 1.97 bits per heavy atom. The van der Waals surface area contributed by atoms with E-state index in [4.69, 9.17) is 14.5 Å². The van der Waals surface area contributed by atoms with Gasteiger partial charge in [-0.05, 0) is 86.3 Å². The van der Waals surface area contributed by atoms with Crippen molar-refractivity contribution >= 4 is 44.1 Å². The number of anilines is 1. The number of aromatic nitrogens is 1. The summed E-state index contributed by atoms with van der Waals surface area (Å²) in [5.41, 5.74) is 4.96. The van der Waals surface area contributed by atoms with Crippen molar-refractivity contribution < 1.29 is 24.2 Å². The van der Waals surface area contributed by atoms with Gasteiger partial charge in [0, 0.05) is 12.0 Å². The molecule has 2 aliphatic heterocycles. The van der Waals surface area contributed by atoms with Crippen LogP contribution in [-0.2, 0) is 16.0 Å². The van der Waals surface area contributed by atoms with Crippen molar-refractivity contribution in [3.05, 3.63) is 88.0 Å². The van der Waals surface area contributed by atoms with Crippen LogP contribution in [0.2, 0.25) is 0 Å². The maximum Gasteiger partial charge on any atom is 0.301 e. The highest BCUT2D eigenvalue weighted by atomic mass is 32.1. The molecule has 3 aromatic carbocycles. The lowest BCUT2D eigenvalue weighted by molar-refractivity contribution is -0.132. The van der Waals surface area contributed by atoms with Crippen LogP contribution < -0.4 is 14.4 Å². The van der Waals surface area contributed by atoms with E-state index in [9.17, 15) is 14.7 Å². The van der Waals surface area contributed by atoms with Gasteiger partial charge in [-0.1, -0.05) is 29.5 Å². The van der Waals surface area contributed by atoms with Crippen LogP contribution in [0.5, 0.6) is 11.5 Å². The standard InChI is InChI=1S/C31H28N2O5S/c1-5-37-22-8-6-7-19(15-22)27-25(28(34)20-9-10-23-21(14-20)13-18(4)38-23)29(35)30(36)33(27)31-32-26-17(3)11-16(2)12-24(26)39-31/h6-12,14-15,18,27,34H,5,13H2,1-4H3/b28-25-. The predicted molar refractivity (Wildman–Crippen MR) is 152 cm³/mol. The fraction of sp³-hybridized carbons (Fsp3) is 0.258. The summed E-state index contributed by atoms with van der Waals surface area (Å²) >= 11 is 1.36. The van der Waals surface area contributed by atoms with Gasteiger partial charge in [0.25, 0.3) is 5.78 Å². The maximum absolute atomic E-state index is 13.7. The second-order valence-electron chi connectivity index (χ2n) is 10.1. The maximum atomic E-state index is 13.7. The molecule has 0 aliphatic carbocycles. The van der Waals surface area contributed by atoms with Crippen LogP contribution in [0.4, 0.5) is 5.13 Å². The molecule has 0 saturated carbocycles. The fourth-order valence-electron chi connectivity index (χ4n) is 5.47. The molecule has 6 rings (SSSR count). The fourth-order valence-corrected chi connectivity index (χ4v) is 6.64. The van der Waals surface area contributed by atoms with Gasteiger partial charge in [-0.2, -0.15) is 0 Å². The third-order valence-corrected chi connectivity index (χ3v) is 8.13. The summed E-state index contributed by atoms with van der Waals surface area (Å²) in [5.74, 6) is -0.328. The Kier molecular flexibility index (Phi) is 6.14. The Morgan fingerprint density at radius 1 is 1.15 bits per heavy atom. The number of Topliss-reactive ketones (excluding diaryl/α,β-unsaturated/α-hetero) is 1. The number of ketones is 1. The van der Waals surface area contributed by atoms with E-state index >= 15 is 0 Å². The van der Waals surface area contributed by atoms with Gasteiger partial charge in [0.05, 0.1) is 28.4 Å². The summed E-state index contributed by atoms with van der Waals surface area (Å²) in [4.78, 5) is 33.5. The SMILES string of the molecule is CCOc1cccc(C2/C(=C(/O)c3ccc4c(c3)CC(C)O4)C(=O)C(=O)N2c2nc3c(C)cc(C)cc3s2)c1. The summed E-state index contributed by atoms with van der Waals surface area (Å²) in [6.07, 6.45) is 0.741. The highest BCUT2D eigenvalue weighted by Gasteiger charge is 2.48. The number of carbonyl (C=O) groups is 2. The van der Waals surface area contributed by atoms with E-state index in [2.05, 4.69) is 0 Å². The molecule has 2 atom stereocenters. The molecule has 39 heavy (non-hydrogen) atoms. The second kappa shape index (κ2) is 9.54. The number of hydrogen-bond acceptors (Lipinski definition) is 7. The molecule has 0 radical (unpaired) electrons. The van der Waals surface area contributed by atoms with Gasteiger partial charge in [-0.15, -0.1) is 0 Å². The molecular formula is C31H28N2O5S. The number of benzene rings is 3. The Labute approximate surface area is 230 Å². The van der Waals surface area contributed by atoms with Gasteiger partial charge in [0.1, 0.15) is 23.4 Å². The first-order chi connectivity index (χ1) is 18.7. The van der Waals surface area contributed by atoms with E-state index in [1.165, 1.54) is 16.2 Å². The molecule has 3 heterocycles. The molecule has 4 aromatic rings. The van der Waals surface area contributed by atoms with Crippen LogP contribution in [0.25, 0.3) is 16.0 Å². The number of aliphatic hydroxyl groups excluding tert-OH is 1. The molecule has 198 valence electrons. The summed E-state index contributed by atoms with van der Waals surface area (Å²) in [6, 6.07) is 15.8. The third kappa shape index (κ3) is 4.25. The van der Waals surface area contributed by atoms with Gasteiger partial charge in [0.15, 0.2) is 5.13 Å². The first-order valence-corrected chi connectivity index (χ1v) is 13.8. The van der Waals surface area contributed by atoms with Crippen LogP contribution in [0.3, 0.4) is 0 Å². The zero-order valence-corrected chi connectivity index (χ0v) is 23.0.